The monoisotopic (exact) mass is 377 g/mol. The molecule has 8 heteroatoms. The third kappa shape index (κ3) is 4.63. The molecule has 1 unspecified atom stereocenters. The lowest BCUT2D eigenvalue weighted by Gasteiger charge is -2.39. The van der Waals surface area contributed by atoms with E-state index < -0.39 is 17.4 Å². The van der Waals surface area contributed by atoms with E-state index in [0.29, 0.717) is 38.2 Å². The average molecular weight is 377 g/mol. The minimum atomic E-state index is -0.839. The van der Waals surface area contributed by atoms with Gasteiger partial charge in [0.1, 0.15) is 11.9 Å². The normalized spacial score (nSPS) is 22.1. The van der Waals surface area contributed by atoms with Crippen molar-refractivity contribution >= 4 is 17.7 Å². The zero-order valence-electron chi connectivity index (χ0n) is 15.3. The first-order valence-corrected chi connectivity index (χ1v) is 9.07. The fraction of sp³-hybridized carbons (Fsp3) is 0.526. The van der Waals surface area contributed by atoms with Crippen LogP contribution in [-0.4, -0.2) is 60.5 Å². The van der Waals surface area contributed by atoms with Crippen LogP contribution in [0.1, 0.15) is 25.3 Å². The largest absolute Gasteiger partial charge is 0.381 e. The maximum Gasteiger partial charge on any atom is 0.244 e. The molecule has 0 aromatic heterocycles. The number of nitrogens with one attached hydrogen (secondary N) is 2. The van der Waals surface area contributed by atoms with E-state index in [9.17, 15) is 18.8 Å². The van der Waals surface area contributed by atoms with Crippen molar-refractivity contribution in [1.82, 2.24) is 15.5 Å². The Morgan fingerprint density at radius 1 is 1.33 bits per heavy atom. The first-order chi connectivity index (χ1) is 12.9. The van der Waals surface area contributed by atoms with E-state index in [4.69, 9.17) is 4.74 Å². The van der Waals surface area contributed by atoms with Crippen molar-refractivity contribution in [3.8, 4) is 0 Å². The van der Waals surface area contributed by atoms with Crippen LogP contribution in [0.15, 0.2) is 24.3 Å². The van der Waals surface area contributed by atoms with Gasteiger partial charge in [0.25, 0.3) is 0 Å². The Labute approximate surface area is 157 Å². The Hall–Kier alpha value is -2.48. The summed E-state index contributed by atoms with van der Waals surface area (Å²) in [7, 11) is 0. The number of amides is 3. The standard InChI is InChI=1S/C19H24FN3O4/c1-13(24)21-16-11-23(17(25)10-14-4-2-3-5-15(14)20)12-19(22-18(16)26)6-8-27-9-7-19/h2-5,16H,6-12H2,1H3,(H,21,24)(H,22,26). The molecule has 2 fully saturated rings. The van der Waals surface area contributed by atoms with E-state index in [1.54, 1.807) is 23.1 Å². The van der Waals surface area contributed by atoms with Crippen molar-refractivity contribution in [2.75, 3.05) is 26.3 Å². The van der Waals surface area contributed by atoms with Gasteiger partial charge in [-0.3, -0.25) is 14.4 Å². The molecular weight excluding hydrogens is 353 g/mol. The predicted molar refractivity (Wildman–Crippen MR) is 95.2 cm³/mol. The Morgan fingerprint density at radius 3 is 2.70 bits per heavy atom. The highest BCUT2D eigenvalue weighted by atomic mass is 19.1. The zero-order valence-corrected chi connectivity index (χ0v) is 15.3. The molecule has 2 N–H and O–H groups in total. The first-order valence-electron chi connectivity index (χ1n) is 9.07. The van der Waals surface area contributed by atoms with E-state index in [2.05, 4.69) is 10.6 Å². The number of ether oxygens (including phenoxy) is 1. The van der Waals surface area contributed by atoms with Gasteiger partial charge in [0.05, 0.1) is 18.5 Å². The lowest BCUT2D eigenvalue weighted by Crippen LogP contribution is -2.58. The number of carbonyl (C=O) groups excluding carboxylic acids is 3. The molecule has 0 aliphatic carbocycles. The molecule has 1 atom stereocenters. The number of nitrogens with zero attached hydrogens (tertiary/aromatic N) is 1. The molecule has 1 spiro atoms. The summed E-state index contributed by atoms with van der Waals surface area (Å²) in [5.74, 6) is -1.38. The Balaban J connectivity index is 1.83. The minimum absolute atomic E-state index is 0.0569. The molecule has 1 aromatic carbocycles. The highest BCUT2D eigenvalue weighted by Crippen LogP contribution is 2.25. The molecule has 146 valence electrons. The van der Waals surface area contributed by atoms with E-state index >= 15 is 0 Å². The molecule has 1 aromatic rings. The van der Waals surface area contributed by atoms with Crippen molar-refractivity contribution < 1.29 is 23.5 Å². The van der Waals surface area contributed by atoms with Gasteiger partial charge in [0.15, 0.2) is 0 Å². The number of carbonyl (C=O) groups is 3. The van der Waals surface area contributed by atoms with Gasteiger partial charge >= 0.3 is 0 Å². The molecule has 0 bridgehead atoms. The molecule has 0 radical (unpaired) electrons. The Kier molecular flexibility index (Phi) is 5.74. The highest BCUT2D eigenvalue weighted by Gasteiger charge is 2.42. The lowest BCUT2D eigenvalue weighted by atomic mass is 9.89. The van der Waals surface area contributed by atoms with Crippen LogP contribution < -0.4 is 10.6 Å². The molecular formula is C19H24FN3O4. The lowest BCUT2D eigenvalue weighted by molar-refractivity contribution is -0.132. The smallest absolute Gasteiger partial charge is 0.244 e. The van der Waals surface area contributed by atoms with Gasteiger partial charge in [0, 0.05) is 26.7 Å². The molecule has 2 aliphatic rings. The minimum Gasteiger partial charge on any atom is -0.381 e. The third-order valence-electron chi connectivity index (χ3n) is 5.08. The topological polar surface area (TPSA) is 87.7 Å². The van der Waals surface area contributed by atoms with Crippen LogP contribution in [0.3, 0.4) is 0 Å². The van der Waals surface area contributed by atoms with Crippen molar-refractivity contribution in [1.29, 1.82) is 0 Å². The third-order valence-corrected chi connectivity index (χ3v) is 5.08. The summed E-state index contributed by atoms with van der Waals surface area (Å²) in [6.07, 6.45) is 1.06. The molecule has 3 amide bonds. The van der Waals surface area contributed by atoms with Crippen molar-refractivity contribution in [3.63, 3.8) is 0 Å². The van der Waals surface area contributed by atoms with Gasteiger partial charge in [-0.15, -0.1) is 0 Å². The number of hydrogen-bond donors (Lipinski definition) is 2. The second-order valence-electron chi connectivity index (χ2n) is 7.18. The number of halogens is 1. The molecule has 2 heterocycles. The zero-order chi connectivity index (χ0) is 19.4. The Morgan fingerprint density at radius 2 is 2.04 bits per heavy atom. The van der Waals surface area contributed by atoms with E-state index in [0.717, 1.165) is 0 Å². The Bertz CT molecular complexity index is 733. The van der Waals surface area contributed by atoms with Gasteiger partial charge in [0.2, 0.25) is 17.7 Å². The number of benzene rings is 1. The van der Waals surface area contributed by atoms with Crippen LogP contribution in [0, 0.1) is 5.82 Å². The summed E-state index contributed by atoms with van der Waals surface area (Å²) in [6, 6.07) is 5.30. The summed E-state index contributed by atoms with van der Waals surface area (Å²) < 4.78 is 19.3. The summed E-state index contributed by atoms with van der Waals surface area (Å²) in [4.78, 5) is 38.6. The fourth-order valence-electron chi connectivity index (χ4n) is 3.63. The summed E-state index contributed by atoms with van der Waals surface area (Å²) in [5.41, 5.74) is -0.281. The predicted octanol–water partition coefficient (Wildman–Crippen LogP) is 0.381. The molecule has 3 rings (SSSR count). The quantitative estimate of drug-likeness (QED) is 0.797. The van der Waals surface area contributed by atoms with Gasteiger partial charge in [-0.1, -0.05) is 18.2 Å². The summed E-state index contributed by atoms with van der Waals surface area (Å²) in [5, 5.41) is 5.61. The van der Waals surface area contributed by atoms with Crippen molar-refractivity contribution in [2.24, 2.45) is 0 Å². The molecule has 27 heavy (non-hydrogen) atoms. The van der Waals surface area contributed by atoms with Gasteiger partial charge in [-0.25, -0.2) is 4.39 Å². The fourth-order valence-corrected chi connectivity index (χ4v) is 3.63. The molecule has 0 saturated carbocycles. The summed E-state index contributed by atoms with van der Waals surface area (Å²) >= 11 is 0. The van der Waals surface area contributed by atoms with Crippen molar-refractivity contribution in [2.45, 2.75) is 37.8 Å². The van der Waals surface area contributed by atoms with Crippen LogP contribution in [0.2, 0.25) is 0 Å². The highest BCUT2D eigenvalue weighted by molar-refractivity contribution is 5.89. The van der Waals surface area contributed by atoms with Gasteiger partial charge in [-0.2, -0.15) is 0 Å². The molecule has 2 saturated heterocycles. The second-order valence-corrected chi connectivity index (χ2v) is 7.18. The van der Waals surface area contributed by atoms with E-state index in [1.807, 2.05) is 0 Å². The number of rotatable bonds is 3. The van der Waals surface area contributed by atoms with E-state index in [1.165, 1.54) is 13.0 Å². The maximum absolute atomic E-state index is 13.9. The van der Waals surface area contributed by atoms with Crippen LogP contribution in [0.25, 0.3) is 0 Å². The van der Waals surface area contributed by atoms with Crippen LogP contribution in [0.4, 0.5) is 4.39 Å². The van der Waals surface area contributed by atoms with Crippen molar-refractivity contribution in [3.05, 3.63) is 35.6 Å². The van der Waals surface area contributed by atoms with E-state index in [-0.39, 0.29) is 30.7 Å². The van der Waals surface area contributed by atoms with Gasteiger partial charge in [-0.05, 0) is 24.5 Å². The van der Waals surface area contributed by atoms with Crippen LogP contribution >= 0.6 is 0 Å². The first kappa shape index (κ1) is 19.3. The average Bonchev–Trinajstić information content (AvgIpc) is 2.74. The molecule has 2 aliphatic heterocycles. The molecule has 7 nitrogen and oxygen atoms in total. The summed E-state index contributed by atoms with van der Waals surface area (Å²) in [6.45, 7) is 2.67. The maximum atomic E-state index is 13.9. The number of hydrogen-bond acceptors (Lipinski definition) is 4. The van der Waals surface area contributed by atoms with Crippen LogP contribution in [0.5, 0.6) is 0 Å². The van der Waals surface area contributed by atoms with Gasteiger partial charge < -0.3 is 20.3 Å². The second kappa shape index (κ2) is 8.04. The van der Waals surface area contributed by atoms with Crippen LogP contribution in [-0.2, 0) is 25.5 Å². The SMILES string of the molecule is CC(=O)NC1CN(C(=O)Cc2ccccc2F)CC2(CCOCC2)NC1=O.